The second-order valence-electron chi connectivity index (χ2n) is 4.11. The van der Waals surface area contributed by atoms with Crippen LogP contribution in [0.15, 0.2) is 47.1 Å². The lowest BCUT2D eigenvalue weighted by Gasteiger charge is -2.19. The van der Waals surface area contributed by atoms with Gasteiger partial charge in [0.05, 0.1) is 5.38 Å². The number of alkyl halides is 1. The van der Waals surface area contributed by atoms with Crippen molar-refractivity contribution in [1.82, 2.24) is 4.98 Å². The molecule has 0 saturated carbocycles. The molecule has 18 heavy (non-hydrogen) atoms. The summed E-state index contributed by atoms with van der Waals surface area (Å²) in [7, 11) is 0. The zero-order chi connectivity index (χ0) is 13.1. The lowest BCUT2D eigenvalue weighted by Crippen LogP contribution is -2.05. The van der Waals surface area contributed by atoms with Gasteiger partial charge >= 0.3 is 0 Å². The van der Waals surface area contributed by atoms with Crippen molar-refractivity contribution in [1.29, 1.82) is 0 Å². The maximum absolute atomic E-state index is 6.60. The van der Waals surface area contributed by atoms with Crippen molar-refractivity contribution in [3.63, 3.8) is 0 Å². The molecule has 0 N–H and O–H groups in total. The normalized spacial score (nSPS) is 14.2. The van der Waals surface area contributed by atoms with Gasteiger partial charge in [-0.05, 0) is 58.5 Å². The van der Waals surface area contributed by atoms with Gasteiger partial charge in [-0.15, -0.1) is 11.6 Å². The third-order valence-electron chi connectivity index (χ3n) is 2.85. The first-order valence-electron chi connectivity index (χ1n) is 5.59. The van der Waals surface area contributed by atoms with Gasteiger partial charge in [-0.1, -0.05) is 28.9 Å². The zero-order valence-corrected chi connectivity index (χ0v) is 14.3. The number of halogens is 3. The second kappa shape index (κ2) is 6.35. The van der Waals surface area contributed by atoms with E-state index in [9.17, 15) is 0 Å². The molecule has 4 heteroatoms. The Morgan fingerprint density at radius 2 is 2.06 bits per heavy atom. The Bertz CT molecular complexity index is 533. The van der Waals surface area contributed by atoms with Crippen LogP contribution in [0.25, 0.3) is 0 Å². The smallest absolute Gasteiger partial charge is 0.0677 e. The van der Waals surface area contributed by atoms with Gasteiger partial charge in [0.15, 0.2) is 0 Å². The molecule has 0 spiro atoms. The van der Waals surface area contributed by atoms with Crippen LogP contribution in [0.4, 0.5) is 0 Å². The molecule has 0 fully saturated rings. The van der Waals surface area contributed by atoms with Crippen LogP contribution in [0.2, 0.25) is 0 Å². The summed E-state index contributed by atoms with van der Waals surface area (Å²) in [4.78, 5) is 4.38. The summed E-state index contributed by atoms with van der Waals surface area (Å²) < 4.78 is 2.23. The molecule has 1 nitrogen and oxygen atoms in total. The molecule has 0 radical (unpaired) electrons. The first kappa shape index (κ1) is 14.3. The minimum atomic E-state index is -0.0935. The minimum Gasteiger partial charge on any atom is -0.261 e. The predicted octanol–water partition coefficient (Wildman–Crippen LogP) is 5.53. The summed E-state index contributed by atoms with van der Waals surface area (Å²) in [6, 6.07) is 12.1. The highest BCUT2D eigenvalue weighted by Gasteiger charge is 2.21. The monoisotopic (exact) mass is 435 g/mol. The van der Waals surface area contributed by atoms with Crippen molar-refractivity contribution in [2.24, 2.45) is 0 Å². The molecule has 0 aliphatic heterocycles. The van der Waals surface area contributed by atoms with Crippen LogP contribution in [0.5, 0.6) is 0 Å². The molecule has 2 aromatic rings. The van der Waals surface area contributed by atoms with E-state index in [1.165, 1.54) is 3.57 Å². The van der Waals surface area contributed by atoms with Crippen LogP contribution < -0.4 is 0 Å². The van der Waals surface area contributed by atoms with E-state index in [-0.39, 0.29) is 11.3 Å². The topological polar surface area (TPSA) is 12.9 Å². The van der Waals surface area contributed by atoms with Crippen molar-refractivity contribution < 1.29 is 0 Å². The Kier molecular flexibility index (Phi) is 5.04. The summed E-state index contributed by atoms with van der Waals surface area (Å²) >= 11 is 12.5. The van der Waals surface area contributed by atoms with Crippen LogP contribution >= 0.6 is 50.1 Å². The lowest BCUT2D eigenvalue weighted by atomic mass is 9.97. The van der Waals surface area contributed by atoms with Crippen molar-refractivity contribution >= 4 is 50.1 Å². The number of hydrogen-bond donors (Lipinski definition) is 0. The third kappa shape index (κ3) is 3.25. The maximum atomic E-state index is 6.60. The fraction of sp³-hybridized carbons (Fsp3) is 0.214. The molecular formula is C14H12BrClIN. The Hall–Kier alpha value is -0.130. The highest BCUT2D eigenvalue weighted by atomic mass is 127. The van der Waals surface area contributed by atoms with Crippen LogP contribution in [-0.2, 0) is 0 Å². The molecule has 0 aliphatic carbocycles. The number of benzene rings is 1. The Labute approximate surface area is 134 Å². The van der Waals surface area contributed by atoms with E-state index < -0.39 is 0 Å². The SMILES string of the molecule is CC(c1ccccn1)C(Cl)c1cc(I)ccc1Br. The molecule has 2 unspecified atom stereocenters. The second-order valence-corrected chi connectivity index (χ2v) is 6.68. The van der Waals surface area contributed by atoms with Gasteiger partial charge in [0.25, 0.3) is 0 Å². The van der Waals surface area contributed by atoms with Crippen molar-refractivity contribution in [3.8, 4) is 0 Å². The van der Waals surface area contributed by atoms with Gasteiger partial charge in [-0.3, -0.25) is 4.98 Å². The molecule has 0 bridgehead atoms. The van der Waals surface area contributed by atoms with Gasteiger partial charge in [0.1, 0.15) is 0 Å². The number of hydrogen-bond acceptors (Lipinski definition) is 1. The molecule has 0 aliphatic rings. The van der Waals surface area contributed by atoms with Crippen molar-refractivity contribution in [2.45, 2.75) is 18.2 Å². The van der Waals surface area contributed by atoms with E-state index in [1.807, 2.05) is 24.3 Å². The minimum absolute atomic E-state index is 0.0935. The lowest BCUT2D eigenvalue weighted by molar-refractivity contribution is 0.704. The fourth-order valence-corrected chi connectivity index (χ4v) is 3.24. The molecule has 1 heterocycles. The maximum Gasteiger partial charge on any atom is 0.0677 e. The Balaban J connectivity index is 2.31. The summed E-state index contributed by atoms with van der Waals surface area (Å²) in [5, 5.41) is -0.0935. The van der Waals surface area contributed by atoms with E-state index in [4.69, 9.17) is 11.6 Å². The molecule has 0 saturated heterocycles. The third-order valence-corrected chi connectivity index (χ3v) is 4.85. The van der Waals surface area contributed by atoms with E-state index in [0.717, 1.165) is 15.7 Å². The molecular weight excluding hydrogens is 424 g/mol. The van der Waals surface area contributed by atoms with Crippen molar-refractivity contribution in [2.75, 3.05) is 0 Å². The number of aromatic nitrogens is 1. The summed E-state index contributed by atoms with van der Waals surface area (Å²) in [5.41, 5.74) is 2.13. The number of rotatable bonds is 3. The number of pyridine rings is 1. The summed E-state index contributed by atoms with van der Waals surface area (Å²) in [6.45, 7) is 2.10. The van der Waals surface area contributed by atoms with E-state index >= 15 is 0 Å². The van der Waals surface area contributed by atoms with Gasteiger partial charge < -0.3 is 0 Å². The van der Waals surface area contributed by atoms with Gasteiger partial charge in [-0.2, -0.15) is 0 Å². The molecule has 0 amide bonds. The van der Waals surface area contributed by atoms with Gasteiger partial charge in [0.2, 0.25) is 0 Å². The fourth-order valence-electron chi connectivity index (χ4n) is 1.79. The van der Waals surface area contributed by atoms with Crippen LogP contribution in [0.1, 0.15) is 29.5 Å². The van der Waals surface area contributed by atoms with Crippen molar-refractivity contribution in [3.05, 3.63) is 61.9 Å². The van der Waals surface area contributed by atoms with E-state index in [2.05, 4.69) is 62.6 Å². The molecule has 1 aromatic heterocycles. The molecule has 1 aromatic carbocycles. The molecule has 94 valence electrons. The average Bonchev–Trinajstić information content (AvgIpc) is 2.41. The zero-order valence-electron chi connectivity index (χ0n) is 9.78. The van der Waals surface area contributed by atoms with Crippen LogP contribution in [-0.4, -0.2) is 4.98 Å². The van der Waals surface area contributed by atoms with Gasteiger partial charge in [-0.25, -0.2) is 0 Å². The largest absolute Gasteiger partial charge is 0.261 e. The van der Waals surface area contributed by atoms with E-state index in [1.54, 1.807) is 6.20 Å². The Morgan fingerprint density at radius 1 is 1.28 bits per heavy atom. The van der Waals surface area contributed by atoms with Crippen LogP contribution in [0, 0.1) is 3.57 Å². The summed E-state index contributed by atoms with van der Waals surface area (Å²) in [6.07, 6.45) is 1.80. The molecule has 2 rings (SSSR count). The molecule has 2 atom stereocenters. The quantitative estimate of drug-likeness (QED) is 0.455. The standard InChI is InChI=1S/C14H12BrClIN/c1-9(13-4-2-3-7-18-13)14(16)11-8-10(17)5-6-12(11)15/h2-9,14H,1H3. The summed E-state index contributed by atoms with van der Waals surface area (Å²) in [5.74, 6) is 0.169. The van der Waals surface area contributed by atoms with Gasteiger partial charge in [0, 0.05) is 25.9 Å². The highest BCUT2D eigenvalue weighted by molar-refractivity contribution is 14.1. The average molecular weight is 437 g/mol. The van der Waals surface area contributed by atoms with Crippen LogP contribution in [0.3, 0.4) is 0 Å². The van der Waals surface area contributed by atoms with E-state index in [0.29, 0.717) is 0 Å². The first-order chi connectivity index (χ1) is 8.59. The Morgan fingerprint density at radius 3 is 2.72 bits per heavy atom. The highest BCUT2D eigenvalue weighted by Crippen LogP contribution is 2.39. The first-order valence-corrected chi connectivity index (χ1v) is 7.90. The predicted molar refractivity (Wildman–Crippen MR) is 88.1 cm³/mol. The number of nitrogens with zero attached hydrogens (tertiary/aromatic N) is 1.